The Hall–Kier alpha value is -1.68. The third kappa shape index (κ3) is 3.14. The van der Waals surface area contributed by atoms with Gasteiger partial charge in [-0.3, -0.25) is 19.8 Å². The summed E-state index contributed by atoms with van der Waals surface area (Å²) in [6.07, 6.45) is 0.868. The number of nitrogens with zero attached hydrogens (tertiary/aromatic N) is 1. The Labute approximate surface area is 101 Å². The largest absolute Gasteiger partial charge is 0.294 e. The summed E-state index contributed by atoms with van der Waals surface area (Å²) in [5.41, 5.74) is 2.52. The molecule has 1 fully saturated rings. The second kappa shape index (κ2) is 5.10. The van der Waals surface area contributed by atoms with E-state index < -0.39 is 0 Å². The molecule has 0 spiro atoms. The third-order valence-electron chi connectivity index (χ3n) is 2.97. The number of nitrogens with one attached hydrogen (secondary N) is 1. The molecule has 1 aromatic carbocycles. The van der Waals surface area contributed by atoms with Crippen LogP contribution in [0, 0.1) is 6.92 Å². The molecule has 17 heavy (non-hydrogen) atoms. The fourth-order valence-electron chi connectivity index (χ4n) is 2.02. The van der Waals surface area contributed by atoms with Crippen LogP contribution in [0.1, 0.15) is 11.1 Å². The molecule has 4 heteroatoms. The summed E-state index contributed by atoms with van der Waals surface area (Å²) < 4.78 is 0. The van der Waals surface area contributed by atoms with Gasteiger partial charge in [0.25, 0.3) is 0 Å². The lowest BCUT2D eigenvalue weighted by Gasteiger charge is -2.25. The fraction of sp³-hybridized carbons (Fsp3) is 0.385. The lowest BCUT2D eigenvalue weighted by Crippen LogP contribution is -2.51. The van der Waals surface area contributed by atoms with Gasteiger partial charge < -0.3 is 0 Å². The second-order valence-corrected chi connectivity index (χ2v) is 4.36. The van der Waals surface area contributed by atoms with E-state index in [1.807, 2.05) is 17.0 Å². The number of amides is 2. The minimum Gasteiger partial charge on any atom is -0.294 e. The molecule has 1 heterocycles. The normalized spacial score (nSPS) is 17.0. The van der Waals surface area contributed by atoms with Crippen molar-refractivity contribution in [1.82, 2.24) is 10.2 Å². The minimum atomic E-state index is -0.203. The molecule has 2 rings (SSSR count). The molecular weight excluding hydrogens is 216 g/mol. The van der Waals surface area contributed by atoms with E-state index in [9.17, 15) is 9.59 Å². The summed E-state index contributed by atoms with van der Waals surface area (Å²) in [6, 6.07) is 8.18. The van der Waals surface area contributed by atoms with Gasteiger partial charge in [0, 0.05) is 6.54 Å². The van der Waals surface area contributed by atoms with Crippen molar-refractivity contribution in [1.29, 1.82) is 0 Å². The van der Waals surface area contributed by atoms with E-state index in [4.69, 9.17) is 0 Å². The van der Waals surface area contributed by atoms with E-state index in [1.165, 1.54) is 11.1 Å². The lowest BCUT2D eigenvalue weighted by atomic mass is 10.1. The molecule has 90 valence electrons. The van der Waals surface area contributed by atoms with Gasteiger partial charge in [-0.25, -0.2) is 0 Å². The van der Waals surface area contributed by atoms with E-state index in [2.05, 4.69) is 24.4 Å². The molecule has 1 aliphatic heterocycles. The zero-order chi connectivity index (χ0) is 12.3. The molecule has 4 nitrogen and oxygen atoms in total. The summed E-state index contributed by atoms with van der Waals surface area (Å²) >= 11 is 0. The number of carbonyl (C=O) groups excluding carboxylic acids is 2. The monoisotopic (exact) mass is 232 g/mol. The summed E-state index contributed by atoms with van der Waals surface area (Å²) in [5.74, 6) is -0.405. The second-order valence-electron chi connectivity index (χ2n) is 4.36. The van der Waals surface area contributed by atoms with Crippen molar-refractivity contribution in [2.24, 2.45) is 0 Å². The highest BCUT2D eigenvalue weighted by Crippen LogP contribution is 2.08. The van der Waals surface area contributed by atoms with Crippen LogP contribution in [0.5, 0.6) is 0 Å². The number of hydrogen-bond acceptors (Lipinski definition) is 3. The maximum atomic E-state index is 11.2. The molecule has 1 aromatic rings. The van der Waals surface area contributed by atoms with Gasteiger partial charge in [0.15, 0.2) is 0 Å². The molecule has 0 aromatic heterocycles. The Morgan fingerprint density at radius 3 is 2.47 bits per heavy atom. The quantitative estimate of drug-likeness (QED) is 0.772. The van der Waals surface area contributed by atoms with E-state index >= 15 is 0 Å². The molecular formula is C13H16N2O2. The predicted molar refractivity (Wildman–Crippen MR) is 64.5 cm³/mol. The minimum absolute atomic E-state index is 0.203. The van der Waals surface area contributed by atoms with Gasteiger partial charge in [-0.05, 0) is 24.5 Å². The number of rotatable bonds is 3. The first-order chi connectivity index (χ1) is 8.15. The lowest BCUT2D eigenvalue weighted by molar-refractivity contribution is -0.135. The highest BCUT2D eigenvalue weighted by molar-refractivity contribution is 5.99. The molecule has 0 bridgehead atoms. The van der Waals surface area contributed by atoms with Crippen molar-refractivity contribution < 1.29 is 9.59 Å². The maximum Gasteiger partial charge on any atom is 0.240 e. The van der Waals surface area contributed by atoms with E-state index in [0.717, 1.165) is 13.0 Å². The molecule has 1 N–H and O–H groups in total. The van der Waals surface area contributed by atoms with Crippen LogP contribution >= 0.6 is 0 Å². The van der Waals surface area contributed by atoms with E-state index in [1.54, 1.807) is 0 Å². The third-order valence-corrected chi connectivity index (χ3v) is 2.97. The van der Waals surface area contributed by atoms with Gasteiger partial charge in [-0.1, -0.05) is 24.3 Å². The molecule has 0 saturated carbocycles. The van der Waals surface area contributed by atoms with Crippen LogP contribution in [-0.4, -0.2) is 36.3 Å². The first-order valence-corrected chi connectivity index (χ1v) is 5.74. The Morgan fingerprint density at radius 2 is 1.82 bits per heavy atom. The number of hydrogen-bond donors (Lipinski definition) is 1. The first-order valence-electron chi connectivity index (χ1n) is 5.74. The van der Waals surface area contributed by atoms with Crippen LogP contribution in [0.4, 0.5) is 0 Å². The SMILES string of the molecule is Cc1ccccc1CCN1CC(=O)NC(=O)C1. The van der Waals surface area contributed by atoms with Gasteiger partial charge >= 0.3 is 0 Å². The van der Waals surface area contributed by atoms with Gasteiger partial charge in [0.2, 0.25) is 11.8 Å². The number of carbonyl (C=O) groups is 2. The van der Waals surface area contributed by atoms with E-state index in [-0.39, 0.29) is 11.8 Å². The average Bonchev–Trinajstić information content (AvgIpc) is 2.27. The first kappa shape index (κ1) is 11.8. The highest BCUT2D eigenvalue weighted by Gasteiger charge is 2.21. The fourth-order valence-corrected chi connectivity index (χ4v) is 2.02. The molecule has 0 aliphatic carbocycles. The number of piperazine rings is 1. The molecule has 0 atom stereocenters. The Morgan fingerprint density at radius 1 is 1.18 bits per heavy atom. The van der Waals surface area contributed by atoms with Gasteiger partial charge in [-0.15, -0.1) is 0 Å². The summed E-state index contributed by atoms with van der Waals surface area (Å²) in [7, 11) is 0. The van der Waals surface area contributed by atoms with Crippen LogP contribution in [0.2, 0.25) is 0 Å². The van der Waals surface area contributed by atoms with Crippen LogP contribution < -0.4 is 5.32 Å². The number of imide groups is 1. The number of benzene rings is 1. The van der Waals surface area contributed by atoms with Crippen molar-refractivity contribution >= 4 is 11.8 Å². The van der Waals surface area contributed by atoms with Crippen molar-refractivity contribution in [3.8, 4) is 0 Å². The van der Waals surface area contributed by atoms with Crippen molar-refractivity contribution in [2.45, 2.75) is 13.3 Å². The van der Waals surface area contributed by atoms with Gasteiger partial charge in [0.1, 0.15) is 0 Å². The van der Waals surface area contributed by atoms with E-state index in [0.29, 0.717) is 13.1 Å². The average molecular weight is 232 g/mol. The van der Waals surface area contributed by atoms with Gasteiger partial charge in [-0.2, -0.15) is 0 Å². The molecule has 2 amide bonds. The Balaban J connectivity index is 1.92. The highest BCUT2D eigenvalue weighted by atomic mass is 16.2. The molecule has 1 saturated heterocycles. The standard InChI is InChI=1S/C13H16N2O2/c1-10-4-2-3-5-11(10)6-7-15-8-12(16)14-13(17)9-15/h2-5H,6-9H2,1H3,(H,14,16,17). The summed E-state index contributed by atoms with van der Waals surface area (Å²) in [4.78, 5) is 24.3. The zero-order valence-corrected chi connectivity index (χ0v) is 9.90. The molecule has 1 aliphatic rings. The van der Waals surface area contributed by atoms with Crippen LogP contribution in [0.15, 0.2) is 24.3 Å². The van der Waals surface area contributed by atoms with Crippen molar-refractivity contribution in [2.75, 3.05) is 19.6 Å². The maximum absolute atomic E-state index is 11.2. The zero-order valence-electron chi connectivity index (χ0n) is 9.90. The molecule has 0 unspecified atom stereocenters. The number of aryl methyl sites for hydroxylation is 1. The van der Waals surface area contributed by atoms with Crippen LogP contribution in [-0.2, 0) is 16.0 Å². The summed E-state index contributed by atoms with van der Waals surface area (Å²) in [5, 5.41) is 2.30. The van der Waals surface area contributed by atoms with Crippen molar-refractivity contribution in [3.05, 3.63) is 35.4 Å². The summed E-state index contributed by atoms with van der Waals surface area (Å²) in [6.45, 7) is 3.45. The Kier molecular flexibility index (Phi) is 3.54. The molecule has 0 radical (unpaired) electrons. The van der Waals surface area contributed by atoms with Crippen molar-refractivity contribution in [3.63, 3.8) is 0 Å². The van der Waals surface area contributed by atoms with Gasteiger partial charge in [0.05, 0.1) is 13.1 Å². The van der Waals surface area contributed by atoms with Crippen LogP contribution in [0.3, 0.4) is 0 Å². The topological polar surface area (TPSA) is 49.4 Å². The Bertz CT molecular complexity index is 427. The smallest absolute Gasteiger partial charge is 0.240 e. The van der Waals surface area contributed by atoms with Crippen LogP contribution in [0.25, 0.3) is 0 Å². The predicted octanol–water partition coefficient (Wildman–Crippen LogP) is 0.496.